The Morgan fingerprint density at radius 3 is 1.83 bits per heavy atom. The first-order valence-corrected chi connectivity index (χ1v) is 7.88. The van der Waals surface area contributed by atoms with E-state index in [0.29, 0.717) is 13.0 Å². The van der Waals surface area contributed by atoms with Crippen LogP contribution in [0.25, 0.3) is 0 Å². The molecule has 0 aromatic rings. The third-order valence-corrected chi connectivity index (χ3v) is 2.80. The number of ether oxygens (including phenoxy) is 2. The van der Waals surface area contributed by atoms with E-state index in [0.717, 1.165) is 0 Å². The molecule has 8 heteroatoms. The predicted octanol–water partition coefficient (Wildman–Crippen LogP) is 2.22. The normalized spacial score (nSPS) is 14.5. The number of halogens is 1. The van der Waals surface area contributed by atoms with E-state index in [-0.39, 0.29) is 12.8 Å². The van der Waals surface area contributed by atoms with Gasteiger partial charge in [0.25, 0.3) is 0 Å². The molecule has 3 N–H and O–H groups in total. The van der Waals surface area contributed by atoms with Crippen LogP contribution in [0.5, 0.6) is 0 Å². The van der Waals surface area contributed by atoms with Crippen LogP contribution in [0.3, 0.4) is 0 Å². The van der Waals surface area contributed by atoms with Crippen molar-refractivity contribution in [2.75, 3.05) is 6.54 Å². The molecule has 0 aromatic carbocycles. The number of hydrogen-bond donors (Lipinski definition) is 2. The summed E-state index contributed by atoms with van der Waals surface area (Å²) in [6.07, 6.45) is -0.644. The van der Waals surface area contributed by atoms with Gasteiger partial charge in [-0.25, -0.2) is 9.59 Å². The van der Waals surface area contributed by atoms with E-state index in [4.69, 9.17) is 15.2 Å². The van der Waals surface area contributed by atoms with E-state index >= 15 is 0 Å². The van der Waals surface area contributed by atoms with Crippen LogP contribution in [-0.2, 0) is 19.1 Å². The van der Waals surface area contributed by atoms with Gasteiger partial charge in [-0.15, -0.1) is 0 Å². The molecule has 1 atom stereocenters. The van der Waals surface area contributed by atoms with Crippen LogP contribution in [0.15, 0.2) is 0 Å². The van der Waals surface area contributed by atoms with Gasteiger partial charge in [0, 0.05) is 0 Å². The van der Waals surface area contributed by atoms with Crippen molar-refractivity contribution in [3.8, 4) is 0 Å². The molecule has 0 aliphatic carbocycles. The summed E-state index contributed by atoms with van der Waals surface area (Å²) < 4.78 is 24.0. The lowest BCUT2D eigenvalue weighted by molar-refractivity contribution is -0.169. The van der Waals surface area contributed by atoms with Gasteiger partial charge in [-0.3, -0.25) is 10.1 Å². The molecule has 24 heavy (non-hydrogen) atoms. The molecule has 0 rings (SSSR count). The highest BCUT2D eigenvalue weighted by Gasteiger charge is 2.51. The van der Waals surface area contributed by atoms with Crippen LogP contribution in [0.4, 0.5) is 9.18 Å². The molecule has 0 aliphatic heterocycles. The third kappa shape index (κ3) is 7.72. The summed E-state index contributed by atoms with van der Waals surface area (Å²) in [7, 11) is 0. The van der Waals surface area contributed by atoms with Gasteiger partial charge in [0.05, 0.1) is 0 Å². The van der Waals surface area contributed by atoms with E-state index in [1.807, 2.05) is 0 Å². The van der Waals surface area contributed by atoms with E-state index in [2.05, 4.69) is 5.32 Å². The average Bonchev–Trinajstić information content (AvgIpc) is 2.32. The number of hydrogen-bond acceptors (Lipinski definition) is 6. The molecule has 0 saturated heterocycles. The molecule has 7 nitrogen and oxygen atoms in total. The highest BCUT2D eigenvalue weighted by atomic mass is 19.1. The van der Waals surface area contributed by atoms with Gasteiger partial charge >= 0.3 is 18.1 Å². The molecule has 0 saturated carbocycles. The van der Waals surface area contributed by atoms with Gasteiger partial charge < -0.3 is 15.2 Å². The molecule has 0 fully saturated rings. The Hall–Kier alpha value is -1.70. The molecular weight excluding hydrogens is 319 g/mol. The van der Waals surface area contributed by atoms with Crippen LogP contribution in [-0.4, -0.2) is 41.4 Å². The standard InChI is InChI=1S/C16H29FN2O5/c1-14(2,3)23-12(21)16(11(17)20,9-7-8-10-18)19-13(22)24-15(4,5)6/h7-10,18H2,1-6H3,(H,19,22)/t16-/m0/s1. The fourth-order valence-corrected chi connectivity index (χ4v) is 1.82. The Kier molecular flexibility index (Phi) is 7.82. The van der Waals surface area contributed by atoms with Crippen molar-refractivity contribution in [2.24, 2.45) is 5.73 Å². The topological polar surface area (TPSA) is 108 Å². The summed E-state index contributed by atoms with van der Waals surface area (Å²) in [5.41, 5.74) is 1.12. The lowest BCUT2D eigenvalue weighted by atomic mass is 9.92. The average molecular weight is 348 g/mol. The molecular formula is C16H29FN2O5. The second kappa shape index (κ2) is 8.41. The largest absolute Gasteiger partial charge is 0.458 e. The Morgan fingerprint density at radius 1 is 0.958 bits per heavy atom. The number of alkyl carbamates (subject to hydrolysis) is 1. The predicted molar refractivity (Wildman–Crippen MR) is 87.0 cm³/mol. The molecule has 1 amide bonds. The van der Waals surface area contributed by atoms with Gasteiger partial charge in [0.15, 0.2) is 0 Å². The van der Waals surface area contributed by atoms with Gasteiger partial charge in [-0.2, -0.15) is 4.39 Å². The first kappa shape index (κ1) is 22.3. The fourth-order valence-electron chi connectivity index (χ4n) is 1.82. The summed E-state index contributed by atoms with van der Waals surface area (Å²) in [6, 6.07) is -2.00. The van der Waals surface area contributed by atoms with Crippen molar-refractivity contribution < 1.29 is 28.2 Å². The Morgan fingerprint density at radius 2 is 1.46 bits per heavy atom. The van der Waals surface area contributed by atoms with Crippen LogP contribution >= 0.6 is 0 Å². The van der Waals surface area contributed by atoms with Crippen LogP contribution in [0, 0.1) is 0 Å². The highest BCUT2D eigenvalue weighted by molar-refractivity contribution is 6.07. The minimum atomic E-state index is -2.44. The van der Waals surface area contributed by atoms with E-state index in [9.17, 15) is 18.8 Å². The monoisotopic (exact) mass is 348 g/mol. The quantitative estimate of drug-likeness (QED) is 0.316. The summed E-state index contributed by atoms with van der Waals surface area (Å²) in [5.74, 6) is -1.16. The zero-order valence-electron chi connectivity index (χ0n) is 15.3. The first-order chi connectivity index (χ1) is 10.7. The number of nitrogens with two attached hydrogens (primary N) is 1. The Bertz CT molecular complexity index is 468. The van der Waals surface area contributed by atoms with Gasteiger partial charge in [0.1, 0.15) is 11.2 Å². The van der Waals surface area contributed by atoms with E-state index < -0.39 is 34.8 Å². The van der Waals surface area contributed by atoms with Crippen molar-refractivity contribution in [3.05, 3.63) is 0 Å². The summed E-state index contributed by atoms with van der Waals surface area (Å²) in [6.45, 7) is 9.84. The van der Waals surface area contributed by atoms with E-state index in [1.165, 1.54) is 0 Å². The zero-order chi connectivity index (χ0) is 19.2. The lowest BCUT2D eigenvalue weighted by Gasteiger charge is -2.32. The second-order valence-corrected chi connectivity index (χ2v) is 7.55. The maximum absolute atomic E-state index is 13.8. The molecule has 0 heterocycles. The molecule has 0 unspecified atom stereocenters. The molecule has 0 aromatic heterocycles. The number of carbonyl (C=O) groups is 3. The van der Waals surface area contributed by atoms with Crippen molar-refractivity contribution >= 4 is 18.1 Å². The number of unbranched alkanes of at least 4 members (excludes halogenated alkanes) is 1. The number of esters is 1. The summed E-state index contributed by atoms with van der Waals surface area (Å²) in [4.78, 5) is 36.0. The van der Waals surface area contributed by atoms with Crippen molar-refractivity contribution in [1.82, 2.24) is 5.32 Å². The molecule has 140 valence electrons. The van der Waals surface area contributed by atoms with Crippen LogP contribution in [0.1, 0.15) is 60.8 Å². The van der Waals surface area contributed by atoms with Gasteiger partial charge in [-0.1, -0.05) is 0 Å². The van der Waals surface area contributed by atoms with Gasteiger partial charge in [0.2, 0.25) is 5.54 Å². The Balaban J connectivity index is 5.54. The van der Waals surface area contributed by atoms with Crippen molar-refractivity contribution in [1.29, 1.82) is 0 Å². The van der Waals surface area contributed by atoms with Crippen molar-refractivity contribution in [3.63, 3.8) is 0 Å². The summed E-state index contributed by atoms with van der Waals surface area (Å²) >= 11 is 0. The highest BCUT2D eigenvalue weighted by Crippen LogP contribution is 2.23. The molecule has 0 bridgehead atoms. The van der Waals surface area contributed by atoms with Crippen LogP contribution in [0.2, 0.25) is 0 Å². The van der Waals surface area contributed by atoms with Crippen molar-refractivity contribution in [2.45, 2.75) is 77.5 Å². The number of nitrogens with one attached hydrogen (secondary N) is 1. The maximum Gasteiger partial charge on any atom is 0.409 e. The Labute approximate surface area is 142 Å². The smallest absolute Gasteiger partial charge is 0.409 e. The third-order valence-electron chi connectivity index (χ3n) is 2.80. The number of rotatable bonds is 7. The second-order valence-electron chi connectivity index (χ2n) is 7.55. The minimum absolute atomic E-state index is 0.251. The van der Waals surface area contributed by atoms with Gasteiger partial charge in [-0.05, 0) is 67.3 Å². The summed E-state index contributed by atoms with van der Waals surface area (Å²) in [5, 5.41) is 2.07. The zero-order valence-corrected chi connectivity index (χ0v) is 15.3. The number of carbonyl (C=O) groups excluding carboxylic acids is 3. The SMILES string of the molecule is CC(C)(C)OC(=O)N[C@@](CCCCN)(C(=O)F)C(=O)OC(C)(C)C. The molecule has 0 radical (unpaired) electrons. The van der Waals surface area contributed by atoms with E-state index in [1.54, 1.807) is 41.5 Å². The van der Waals surface area contributed by atoms with Crippen LogP contribution < -0.4 is 11.1 Å². The minimum Gasteiger partial charge on any atom is -0.458 e. The fraction of sp³-hybridized carbons (Fsp3) is 0.812. The number of amides is 1. The molecule has 0 spiro atoms. The first-order valence-electron chi connectivity index (χ1n) is 7.88. The molecule has 0 aliphatic rings. The maximum atomic E-state index is 13.8. The lowest BCUT2D eigenvalue weighted by Crippen LogP contribution is -2.61.